The van der Waals surface area contributed by atoms with Gasteiger partial charge in [0.15, 0.2) is 5.60 Å². The molecule has 2 saturated heterocycles. The molecule has 5 atom stereocenters. The third kappa shape index (κ3) is 5.48. The predicted molar refractivity (Wildman–Crippen MR) is 109 cm³/mol. The van der Waals surface area contributed by atoms with Crippen LogP contribution in [0.2, 0.25) is 0 Å². The Morgan fingerprint density at radius 1 is 1.27 bits per heavy atom. The van der Waals surface area contributed by atoms with Crippen molar-refractivity contribution in [3.05, 3.63) is 35.9 Å². The first-order valence-electron chi connectivity index (χ1n) is 10.8. The second-order valence-electron chi connectivity index (χ2n) is 8.55. The van der Waals surface area contributed by atoms with Crippen molar-refractivity contribution in [2.75, 3.05) is 20.2 Å². The Morgan fingerprint density at radius 2 is 1.94 bits per heavy atom. The lowest BCUT2D eigenvalue weighted by Gasteiger charge is -2.34. The van der Waals surface area contributed by atoms with Crippen molar-refractivity contribution in [3.63, 3.8) is 0 Å². The van der Waals surface area contributed by atoms with E-state index in [-0.39, 0.29) is 19.6 Å². The molecule has 2 aliphatic rings. The highest BCUT2D eigenvalue weighted by Crippen LogP contribution is 2.39. The quantitative estimate of drug-likeness (QED) is 0.606. The molecule has 1 N–H and O–H groups in total. The molecule has 0 spiro atoms. The molecule has 1 aromatic carbocycles. The van der Waals surface area contributed by atoms with Crippen LogP contribution in [-0.4, -0.2) is 83.2 Å². The minimum atomic E-state index is -5.13. The first-order chi connectivity index (χ1) is 15.5. The van der Waals surface area contributed by atoms with Crippen LogP contribution in [0.4, 0.5) is 13.2 Å². The van der Waals surface area contributed by atoms with E-state index < -0.39 is 54.5 Å². The highest BCUT2D eigenvalue weighted by Gasteiger charge is 2.59. The summed E-state index contributed by atoms with van der Waals surface area (Å²) in [6, 6.07) is 6.88. The molecular weight excluding hydrogens is 445 g/mol. The van der Waals surface area contributed by atoms with Gasteiger partial charge in [-0.2, -0.15) is 18.2 Å². The summed E-state index contributed by atoms with van der Waals surface area (Å²) in [5.74, 6) is -2.72. The van der Waals surface area contributed by atoms with Gasteiger partial charge in [-0.05, 0) is 18.9 Å². The van der Waals surface area contributed by atoms with Crippen LogP contribution in [0.3, 0.4) is 0 Å². The van der Waals surface area contributed by atoms with Crippen molar-refractivity contribution in [2.45, 2.75) is 69.4 Å². The molecule has 11 heteroatoms. The van der Waals surface area contributed by atoms with E-state index in [2.05, 4.69) is 0 Å². The SMILES string of the molecule is CCCOC(=O)[C@]1(C)C[C@H]([C@@H]2[C@@H](OCc3ccccc3)[C@H](O)CN2C(=O)C(F)(F)F)N(C)O1. The van der Waals surface area contributed by atoms with Gasteiger partial charge in [-0.15, -0.1) is 0 Å². The number of aliphatic hydroxyl groups is 1. The summed E-state index contributed by atoms with van der Waals surface area (Å²) >= 11 is 0. The van der Waals surface area contributed by atoms with Crippen LogP contribution in [0.25, 0.3) is 0 Å². The average Bonchev–Trinajstić information content (AvgIpc) is 3.25. The fourth-order valence-electron chi connectivity index (χ4n) is 4.37. The molecular formula is C22H29F3N2O6. The lowest BCUT2D eigenvalue weighted by molar-refractivity contribution is -0.214. The van der Waals surface area contributed by atoms with Gasteiger partial charge in [0.25, 0.3) is 0 Å². The van der Waals surface area contributed by atoms with Crippen molar-refractivity contribution in [1.29, 1.82) is 0 Å². The van der Waals surface area contributed by atoms with E-state index in [1.165, 1.54) is 19.0 Å². The molecule has 8 nitrogen and oxygen atoms in total. The molecule has 0 saturated carbocycles. The lowest BCUT2D eigenvalue weighted by atomic mass is 9.91. The van der Waals surface area contributed by atoms with Gasteiger partial charge in [-0.25, -0.2) is 4.79 Å². The molecule has 0 aromatic heterocycles. The molecule has 2 heterocycles. The molecule has 0 unspecified atom stereocenters. The van der Waals surface area contributed by atoms with Crippen LogP contribution in [0.5, 0.6) is 0 Å². The van der Waals surface area contributed by atoms with Crippen molar-refractivity contribution >= 4 is 11.9 Å². The van der Waals surface area contributed by atoms with Gasteiger partial charge in [0.2, 0.25) is 0 Å². The number of likely N-dealkylation sites (tertiary alicyclic amines) is 1. The number of hydrogen-bond donors (Lipinski definition) is 1. The number of likely N-dealkylation sites (N-methyl/N-ethyl adjacent to an activating group) is 1. The monoisotopic (exact) mass is 474 g/mol. The number of hydroxylamine groups is 2. The Kier molecular flexibility index (Phi) is 7.67. The van der Waals surface area contributed by atoms with E-state index in [1.807, 2.05) is 13.0 Å². The van der Waals surface area contributed by atoms with Crippen LogP contribution in [0, 0.1) is 0 Å². The van der Waals surface area contributed by atoms with Crippen molar-refractivity contribution in [2.24, 2.45) is 0 Å². The van der Waals surface area contributed by atoms with E-state index in [0.717, 1.165) is 5.56 Å². The minimum Gasteiger partial charge on any atom is -0.464 e. The number of alkyl halides is 3. The van der Waals surface area contributed by atoms with Gasteiger partial charge >= 0.3 is 18.1 Å². The van der Waals surface area contributed by atoms with Crippen LogP contribution >= 0.6 is 0 Å². The summed E-state index contributed by atoms with van der Waals surface area (Å²) in [7, 11) is 1.47. The van der Waals surface area contributed by atoms with Gasteiger partial charge in [0.1, 0.15) is 6.10 Å². The van der Waals surface area contributed by atoms with Crippen LogP contribution in [-0.2, 0) is 30.5 Å². The second kappa shape index (κ2) is 9.96. The number of β-amino-alcohol motifs (C(OH)–C–C–N with tert-alkyl or cyclic N) is 1. The van der Waals surface area contributed by atoms with E-state index in [1.54, 1.807) is 24.3 Å². The molecule has 1 aromatic rings. The largest absolute Gasteiger partial charge is 0.471 e. The lowest BCUT2D eigenvalue weighted by Crippen LogP contribution is -2.54. The molecule has 0 radical (unpaired) electrons. The van der Waals surface area contributed by atoms with Gasteiger partial charge in [0.05, 0.1) is 37.9 Å². The van der Waals surface area contributed by atoms with E-state index in [0.29, 0.717) is 11.3 Å². The van der Waals surface area contributed by atoms with Crippen LogP contribution in [0.15, 0.2) is 30.3 Å². The van der Waals surface area contributed by atoms with Crippen LogP contribution < -0.4 is 0 Å². The summed E-state index contributed by atoms with van der Waals surface area (Å²) in [5, 5.41) is 11.8. The van der Waals surface area contributed by atoms with Crippen LogP contribution in [0.1, 0.15) is 32.3 Å². The predicted octanol–water partition coefficient (Wildman–Crippen LogP) is 2.05. The first-order valence-corrected chi connectivity index (χ1v) is 10.8. The van der Waals surface area contributed by atoms with E-state index in [4.69, 9.17) is 14.3 Å². The zero-order valence-corrected chi connectivity index (χ0v) is 18.7. The number of esters is 1. The molecule has 0 aliphatic carbocycles. The third-order valence-corrected chi connectivity index (χ3v) is 5.92. The standard InChI is InChI=1S/C22H29F3N2O6/c1-4-10-31-20(30)21(2)11-15(26(3)33-21)17-18(32-13-14-8-6-5-7-9-14)16(28)12-27(17)19(29)22(23,24)25/h5-9,15-18,28H,4,10-13H2,1-3H3/t15-,16-,17-,18+,21+/m1/s1. The third-order valence-electron chi connectivity index (χ3n) is 5.92. The summed E-state index contributed by atoms with van der Waals surface area (Å²) in [5.41, 5.74) is -0.688. The number of nitrogens with zero attached hydrogens (tertiary/aromatic N) is 2. The maximum atomic E-state index is 13.4. The summed E-state index contributed by atoms with van der Waals surface area (Å²) in [6.07, 6.45) is -7.05. The minimum absolute atomic E-state index is 0.0280. The van der Waals surface area contributed by atoms with Crippen molar-refractivity contribution in [1.82, 2.24) is 9.96 Å². The fraction of sp³-hybridized carbons (Fsp3) is 0.636. The van der Waals surface area contributed by atoms with Gasteiger partial charge < -0.3 is 19.5 Å². The number of aliphatic hydroxyl groups excluding tert-OH is 1. The number of benzene rings is 1. The fourth-order valence-corrected chi connectivity index (χ4v) is 4.37. The molecule has 0 bridgehead atoms. The van der Waals surface area contributed by atoms with Crippen molar-refractivity contribution < 1.29 is 42.2 Å². The topological polar surface area (TPSA) is 88.5 Å². The van der Waals surface area contributed by atoms with E-state index >= 15 is 0 Å². The number of halogens is 3. The molecule has 2 aliphatic heterocycles. The number of hydrogen-bond acceptors (Lipinski definition) is 7. The molecule has 184 valence electrons. The Labute approximate surface area is 190 Å². The normalized spacial score (nSPS) is 30.6. The average molecular weight is 474 g/mol. The second-order valence-corrected chi connectivity index (χ2v) is 8.55. The Hall–Kier alpha value is -2.21. The highest BCUT2D eigenvalue weighted by molar-refractivity contribution is 5.83. The molecule has 3 rings (SSSR count). The summed E-state index contributed by atoms with van der Waals surface area (Å²) in [4.78, 5) is 31.0. The Bertz CT molecular complexity index is 839. The number of carbonyl (C=O) groups excluding carboxylic acids is 2. The van der Waals surface area contributed by atoms with Gasteiger partial charge in [0, 0.05) is 13.5 Å². The van der Waals surface area contributed by atoms with Crippen molar-refractivity contribution in [3.8, 4) is 0 Å². The maximum absolute atomic E-state index is 13.4. The summed E-state index contributed by atoms with van der Waals surface area (Å²) in [6.45, 7) is 2.97. The highest BCUT2D eigenvalue weighted by atomic mass is 19.4. The molecule has 33 heavy (non-hydrogen) atoms. The number of amides is 1. The number of ether oxygens (including phenoxy) is 2. The maximum Gasteiger partial charge on any atom is 0.471 e. The van der Waals surface area contributed by atoms with E-state index in [9.17, 15) is 27.9 Å². The Morgan fingerprint density at radius 3 is 2.55 bits per heavy atom. The summed E-state index contributed by atoms with van der Waals surface area (Å²) < 4.78 is 51.1. The van der Waals surface area contributed by atoms with Gasteiger partial charge in [-0.3, -0.25) is 9.63 Å². The zero-order chi connectivity index (χ0) is 24.4. The number of rotatable bonds is 7. The smallest absolute Gasteiger partial charge is 0.464 e. The zero-order valence-electron chi connectivity index (χ0n) is 18.7. The first kappa shape index (κ1) is 25.4. The molecule has 1 amide bonds. The molecule has 2 fully saturated rings. The number of carbonyl (C=O) groups is 2. The van der Waals surface area contributed by atoms with Gasteiger partial charge in [-0.1, -0.05) is 37.3 Å². The Balaban J connectivity index is 1.87.